The molecule has 0 aromatic heterocycles. The van der Waals surface area contributed by atoms with Crippen LogP contribution in [0.2, 0.25) is 0 Å². The summed E-state index contributed by atoms with van der Waals surface area (Å²) in [4.78, 5) is 0. The largest absolute Gasteiger partial charge is 0.396 e. The summed E-state index contributed by atoms with van der Waals surface area (Å²) in [6.45, 7) is 5.11. The highest BCUT2D eigenvalue weighted by molar-refractivity contribution is 4.73. The topological polar surface area (TPSA) is 60.7 Å². The fourth-order valence-electron chi connectivity index (χ4n) is 0.912. The van der Waals surface area contributed by atoms with Crippen molar-refractivity contribution in [2.45, 2.75) is 33.0 Å². The molecular weight excluding hydrogens is 144 g/mol. The van der Waals surface area contributed by atoms with E-state index in [0.717, 1.165) is 0 Å². The summed E-state index contributed by atoms with van der Waals surface area (Å²) in [7, 11) is 0. The summed E-state index contributed by atoms with van der Waals surface area (Å²) in [5.41, 5.74) is 0. The third-order valence-corrected chi connectivity index (χ3v) is 2.17. The van der Waals surface area contributed by atoms with Crippen molar-refractivity contribution >= 4 is 0 Å². The number of aliphatic hydroxyl groups excluding tert-OH is 3. The molecule has 4 atom stereocenters. The van der Waals surface area contributed by atoms with Gasteiger partial charge in [0.15, 0.2) is 0 Å². The van der Waals surface area contributed by atoms with E-state index in [1.54, 1.807) is 20.8 Å². The monoisotopic (exact) mass is 162 g/mol. The highest BCUT2D eigenvalue weighted by Crippen LogP contribution is 2.15. The van der Waals surface area contributed by atoms with Gasteiger partial charge in [-0.15, -0.1) is 0 Å². The highest BCUT2D eigenvalue weighted by Gasteiger charge is 2.23. The van der Waals surface area contributed by atoms with Gasteiger partial charge in [0, 0.05) is 18.4 Å². The van der Waals surface area contributed by atoms with Crippen LogP contribution in [0.5, 0.6) is 0 Å². The van der Waals surface area contributed by atoms with Crippen LogP contribution in [-0.2, 0) is 0 Å². The molecule has 0 unspecified atom stereocenters. The van der Waals surface area contributed by atoms with Crippen LogP contribution in [0.1, 0.15) is 20.8 Å². The molecule has 11 heavy (non-hydrogen) atoms. The third kappa shape index (κ3) is 3.18. The molecule has 0 saturated heterocycles. The molecule has 0 fully saturated rings. The summed E-state index contributed by atoms with van der Waals surface area (Å²) in [5.74, 6) is -0.350. The zero-order valence-corrected chi connectivity index (χ0v) is 7.36. The molecule has 0 amide bonds. The summed E-state index contributed by atoms with van der Waals surface area (Å²) < 4.78 is 0. The zero-order chi connectivity index (χ0) is 9.02. The van der Waals surface area contributed by atoms with Gasteiger partial charge < -0.3 is 15.3 Å². The molecule has 0 rings (SSSR count). The zero-order valence-electron chi connectivity index (χ0n) is 7.36. The van der Waals surface area contributed by atoms with Crippen LogP contribution in [0.25, 0.3) is 0 Å². The van der Waals surface area contributed by atoms with Gasteiger partial charge in [0.1, 0.15) is 0 Å². The maximum Gasteiger partial charge on any atom is 0.0637 e. The standard InChI is InChI=1S/C8H18O3/c1-5(4-9)8(11)6(2)7(3)10/h5-11H,4H2,1-3H3/t5-,6-,7-,8+/m0/s1. The van der Waals surface area contributed by atoms with Gasteiger partial charge in [-0.2, -0.15) is 0 Å². The Morgan fingerprint density at radius 1 is 1.09 bits per heavy atom. The summed E-state index contributed by atoms with van der Waals surface area (Å²) in [5, 5.41) is 27.2. The maximum atomic E-state index is 9.44. The van der Waals surface area contributed by atoms with E-state index in [1.165, 1.54) is 0 Å². The van der Waals surface area contributed by atoms with Crippen molar-refractivity contribution in [3.8, 4) is 0 Å². The van der Waals surface area contributed by atoms with Crippen molar-refractivity contribution in [2.24, 2.45) is 11.8 Å². The number of rotatable bonds is 4. The third-order valence-electron chi connectivity index (χ3n) is 2.17. The predicted molar refractivity (Wildman–Crippen MR) is 43.1 cm³/mol. The van der Waals surface area contributed by atoms with Gasteiger partial charge in [0.05, 0.1) is 12.2 Å². The molecule has 3 nitrogen and oxygen atoms in total. The van der Waals surface area contributed by atoms with Crippen LogP contribution in [0.3, 0.4) is 0 Å². The first-order valence-electron chi connectivity index (χ1n) is 3.97. The molecule has 3 N–H and O–H groups in total. The quantitative estimate of drug-likeness (QED) is 0.545. The van der Waals surface area contributed by atoms with Gasteiger partial charge in [0.2, 0.25) is 0 Å². The van der Waals surface area contributed by atoms with Gasteiger partial charge in [-0.25, -0.2) is 0 Å². The fraction of sp³-hybridized carbons (Fsp3) is 1.00. The van der Waals surface area contributed by atoms with E-state index in [-0.39, 0.29) is 18.4 Å². The van der Waals surface area contributed by atoms with Gasteiger partial charge in [-0.1, -0.05) is 13.8 Å². The fourth-order valence-corrected chi connectivity index (χ4v) is 0.912. The SMILES string of the molecule is C[C@H]([C@H](O)[C@@H](C)CO)[C@H](C)O. The molecular formula is C8H18O3. The summed E-state index contributed by atoms with van der Waals surface area (Å²) in [6.07, 6.45) is -1.15. The van der Waals surface area contributed by atoms with Gasteiger partial charge in [0.25, 0.3) is 0 Å². The van der Waals surface area contributed by atoms with Crippen molar-refractivity contribution in [3.05, 3.63) is 0 Å². The van der Waals surface area contributed by atoms with Crippen LogP contribution in [0.4, 0.5) is 0 Å². The minimum absolute atomic E-state index is 0.0434. The molecule has 0 bridgehead atoms. The Kier molecular flexibility index (Phi) is 4.65. The minimum Gasteiger partial charge on any atom is -0.396 e. The molecule has 0 spiro atoms. The van der Waals surface area contributed by atoms with E-state index in [1.807, 2.05) is 0 Å². The minimum atomic E-state index is -0.625. The van der Waals surface area contributed by atoms with Gasteiger partial charge in [-0.3, -0.25) is 0 Å². The Bertz CT molecular complexity index is 104. The average Bonchev–Trinajstić information content (AvgIpc) is 2.00. The van der Waals surface area contributed by atoms with Crippen molar-refractivity contribution < 1.29 is 15.3 Å². The molecule has 0 aliphatic carbocycles. The first-order chi connectivity index (χ1) is 5.00. The average molecular weight is 162 g/mol. The molecule has 0 aliphatic rings. The van der Waals surface area contributed by atoms with Crippen molar-refractivity contribution in [2.75, 3.05) is 6.61 Å². The number of hydrogen-bond acceptors (Lipinski definition) is 3. The molecule has 0 heterocycles. The van der Waals surface area contributed by atoms with Crippen LogP contribution in [0, 0.1) is 11.8 Å². The smallest absolute Gasteiger partial charge is 0.0637 e. The van der Waals surface area contributed by atoms with Crippen LogP contribution in [0.15, 0.2) is 0 Å². The molecule has 0 radical (unpaired) electrons. The normalized spacial score (nSPS) is 22.4. The summed E-state index contributed by atoms with van der Waals surface area (Å²) in [6, 6.07) is 0. The van der Waals surface area contributed by atoms with Gasteiger partial charge >= 0.3 is 0 Å². The second kappa shape index (κ2) is 4.70. The van der Waals surface area contributed by atoms with Crippen LogP contribution in [-0.4, -0.2) is 34.1 Å². The van der Waals surface area contributed by atoms with E-state index < -0.39 is 12.2 Å². The Hall–Kier alpha value is -0.120. The lowest BCUT2D eigenvalue weighted by atomic mass is 9.90. The predicted octanol–water partition coefficient (Wildman–Crippen LogP) is -0.00740. The molecule has 0 aromatic rings. The van der Waals surface area contributed by atoms with E-state index in [9.17, 15) is 5.11 Å². The van der Waals surface area contributed by atoms with Crippen molar-refractivity contribution in [1.29, 1.82) is 0 Å². The van der Waals surface area contributed by atoms with E-state index in [0.29, 0.717) is 0 Å². The van der Waals surface area contributed by atoms with Crippen molar-refractivity contribution in [1.82, 2.24) is 0 Å². The maximum absolute atomic E-state index is 9.44. The van der Waals surface area contributed by atoms with Gasteiger partial charge in [-0.05, 0) is 6.92 Å². The molecule has 0 saturated carbocycles. The Balaban J connectivity index is 3.90. The van der Waals surface area contributed by atoms with E-state index >= 15 is 0 Å². The second-order valence-corrected chi connectivity index (χ2v) is 3.25. The lowest BCUT2D eigenvalue weighted by Gasteiger charge is -2.25. The molecule has 0 aromatic carbocycles. The Morgan fingerprint density at radius 2 is 1.55 bits per heavy atom. The molecule has 3 heteroatoms. The Morgan fingerprint density at radius 3 is 1.82 bits per heavy atom. The number of aliphatic hydroxyl groups is 3. The van der Waals surface area contributed by atoms with E-state index in [4.69, 9.17) is 10.2 Å². The molecule has 0 aliphatic heterocycles. The first-order valence-corrected chi connectivity index (χ1v) is 3.97. The van der Waals surface area contributed by atoms with Crippen molar-refractivity contribution in [3.63, 3.8) is 0 Å². The van der Waals surface area contributed by atoms with Crippen LogP contribution < -0.4 is 0 Å². The first kappa shape index (κ1) is 10.9. The number of hydrogen-bond donors (Lipinski definition) is 3. The van der Waals surface area contributed by atoms with Crippen LogP contribution >= 0.6 is 0 Å². The summed E-state index contributed by atoms with van der Waals surface area (Å²) >= 11 is 0. The van der Waals surface area contributed by atoms with E-state index in [2.05, 4.69) is 0 Å². The second-order valence-electron chi connectivity index (χ2n) is 3.25. The molecule has 68 valence electrons. The highest BCUT2D eigenvalue weighted by atomic mass is 16.3. The Labute approximate surface area is 67.7 Å². The lowest BCUT2D eigenvalue weighted by Crippen LogP contribution is -2.34. The lowest BCUT2D eigenvalue weighted by molar-refractivity contribution is -0.0128.